The van der Waals surface area contributed by atoms with Crippen LogP contribution in [0.1, 0.15) is 77.0 Å². The molecule has 1 amide bonds. The van der Waals surface area contributed by atoms with Gasteiger partial charge >= 0.3 is 6.09 Å². The lowest BCUT2D eigenvalue weighted by molar-refractivity contribution is -0.0309. The number of hydrogen-bond donors (Lipinski definition) is 0. The lowest BCUT2D eigenvalue weighted by Gasteiger charge is -2.39. The molecule has 1 fully saturated rings. The third-order valence-corrected chi connectivity index (χ3v) is 9.15. The maximum absolute atomic E-state index is 12.3. The number of hydrogen-bond acceptors (Lipinski definition) is 6. The molecule has 0 saturated heterocycles. The number of likely N-dealkylation sites (N-methyl/N-ethyl adjacent to an activating group) is 2. The molecule has 8 nitrogen and oxygen atoms in total. The van der Waals surface area contributed by atoms with Crippen molar-refractivity contribution in [1.82, 2.24) is 19.4 Å². The zero-order valence-corrected chi connectivity index (χ0v) is 26.7. The minimum Gasteiger partial charge on any atom is -0.444 e. The average molecular weight is 649 g/mol. The van der Waals surface area contributed by atoms with Crippen molar-refractivity contribution in [2.75, 3.05) is 47.5 Å². The average Bonchev–Trinajstić information content (AvgIpc) is 3.47. The number of carbonyl (C=O) groups excluding carboxylic acids is 1. The number of methoxy groups -OCH3 is 1. The molecule has 0 aromatic carbocycles. The lowest BCUT2D eigenvalue weighted by atomic mass is 9.72. The van der Waals surface area contributed by atoms with Crippen LogP contribution in [0.15, 0.2) is 12.3 Å². The second-order valence-corrected chi connectivity index (χ2v) is 13.6. The fourth-order valence-electron chi connectivity index (χ4n) is 5.41. The van der Waals surface area contributed by atoms with Crippen LogP contribution in [0, 0.1) is 5.41 Å². The normalized spacial score (nSPS) is 19.8. The van der Waals surface area contributed by atoms with E-state index in [1.54, 1.807) is 19.1 Å². The molecule has 210 valence electrons. The second kappa shape index (κ2) is 14.1. The van der Waals surface area contributed by atoms with Crippen LogP contribution in [0.5, 0.6) is 0 Å². The lowest BCUT2D eigenvalue weighted by Crippen LogP contribution is -2.38. The largest absolute Gasteiger partial charge is 0.444 e. The van der Waals surface area contributed by atoms with Gasteiger partial charge in [0.15, 0.2) is 0 Å². The Bertz CT molecular complexity index is 911. The standard InChI is InChI=1S/C27H46IN4O4P/c1-26(2,3)36-25(33)31(5)15-14-30(4)19-22-20-32(37-28)29-24(22)21-10-11-23(35-17-9-16-34-6)27(18-21)12-7-8-13-27/h18,20,23,37H,7-17,19H2,1-6H3. The Morgan fingerprint density at radius 3 is 2.62 bits per heavy atom. The van der Waals surface area contributed by atoms with Gasteiger partial charge in [-0.2, -0.15) is 5.10 Å². The number of rotatable bonds is 12. The first-order valence-electron chi connectivity index (χ1n) is 13.5. The Labute approximate surface area is 238 Å². The van der Waals surface area contributed by atoms with Crippen LogP contribution >= 0.6 is 28.4 Å². The van der Waals surface area contributed by atoms with E-state index in [0.29, 0.717) is 19.0 Å². The smallest absolute Gasteiger partial charge is 0.410 e. The van der Waals surface area contributed by atoms with E-state index in [2.05, 4.69) is 50.7 Å². The maximum atomic E-state index is 12.3. The van der Waals surface area contributed by atoms with Gasteiger partial charge in [-0.15, -0.1) is 0 Å². The third kappa shape index (κ3) is 8.88. The fraction of sp³-hybridized carbons (Fsp3) is 0.778. The molecule has 0 radical (unpaired) electrons. The summed E-state index contributed by atoms with van der Waals surface area (Å²) in [5.74, 6) is 0. The van der Waals surface area contributed by atoms with Crippen LogP contribution < -0.4 is 0 Å². The molecule has 0 bridgehead atoms. The highest BCUT2D eigenvalue weighted by molar-refractivity contribution is 14.2. The molecule has 1 heterocycles. The molecule has 1 aromatic rings. The van der Waals surface area contributed by atoms with Gasteiger partial charge in [0.2, 0.25) is 0 Å². The summed E-state index contributed by atoms with van der Waals surface area (Å²) >= 11 is 2.39. The van der Waals surface area contributed by atoms with Gasteiger partial charge in [0.1, 0.15) is 5.60 Å². The molecular weight excluding hydrogens is 602 g/mol. The van der Waals surface area contributed by atoms with Crippen LogP contribution in [0.2, 0.25) is 0 Å². The zero-order chi connectivity index (χ0) is 27.1. The molecule has 2 unspecified atom stereocenters. The molecule has 3 rings (SSSR count). The van der Waals surface area contributed by atoms with E-state index >= 15 is 0 Å². The zero-order valence-electron chi connectivity index (χ0n) is 23.5. The molecule has 1 aromatic heterocycles. The van der Waals surface area contributed by atoms with Crippen molar-refractivity contribution in [3.8, 4) is 0 Å². The van der Waals surface area contributed by atoms with E-state index in [1.165, 1.54) is 36.8 Å². The van der Waals surface area contributed by atoms with Crippen molar-refractivity contribution in [3.05, 3.63) is 23.5 Å². The van der Waals surface area contributed by atoms with E-state index in [0.717, 1.165) is 51.3 Å². The molecule has 1 spiro atoms. The minimum absolute atomic E-state index is 0.135. The molecule has 1 saturated carbocycles. The van der Waals surface area contributed by atoms with E-state index in [9.17, 15) is 4.79 Å². The Balaban J connectivity index is 1.69. The van der Waals surface area contributed by atoms with Crippen LogP contribution in [0.3, 0.4) is 0 Å². The van der Waals surface area contributed by atoms with Crippen LogP contribution in [-0.2, 0) is 20.8 Å². The van der Waals surface area contributed by atoms with Crippen molar-refractivity contribution >= 4 is 40.1 Å². The van der Waals surface area contributed by atoms with Gasteiger partial charge in [-0.25, -0.2) is 9.25 Å². The van der Waals surface area contributed by atoms with E-state index < -0.39 is 5.60 Å². The van der Waals surface area contributed by atoms with E-state index in [4.69, 9.17) is 19.3 Å². The highest BCUT2D eigenvalue weighted by atomic mass is 127. The number of ether oxygens (including phenoxy) is 3. The molecule has 0 N–H and O–H groups in total. The molecule has 2 aliphatic carbocycles. The van der Waals surface area contributed by atoms with Gasteiger partial charge in [-0.3, -0.25) is 0 Å². The fourth-order valence-corrected chi connectivity index (χ4v) is 6.50. The summed E-state index contributed by atoms with van der Waals surface area (Å²) in [6, 6.07) is 0. The predicted octanol–water partition coefficient (Wildman–Crippen LogP) is 6.13. The van der Waals surface area contributed by atoms with Crippen LogP contribution in [0.4, 0.5) is 4.79 Å². The Morgan fingerprint density at radius 1 is 1.24 bits per heavy atom. The first-order valence-corrected chi connectivity index (χ1v) is 17.5. The Hall–Kier alpha value is -0.740. The molecule has 37 heavy (non-hydrogen) atoms. The van der Waals surface area contributed by atoms with E-state index in [1.807, 2.05) is 20.8 Å². The number of nitrogens with zero attached hydrogens (tertiary/aromatic N) is 4. The van der Waals surface area contributed by atoms with Crippen molar-refractivity contribution in [1.29, 1.82) is 0 Å². The van der Waals surface area contributed by atoms with Gasteiger partial charge < -0.3 is 24.0 Å². The van der Waals surface area contributed by atoms with Crippen LogP contribution in [0.25, 0.3) is 5.57 Å². The monoisotopic (exact) mass is 648 g/mol. The van der Waals surface area contributed by atoms with Crippen molar-refractivity contribution in [3.63, 3.8) is 0 Å². The second-order valence-electron chi connectivity index (χ2n) is 11.5. The number of carbonyl (C=O) groups is 1. The first kappa shape index (κ1) is 30.8. The summed E-state index contributed by atoms with van der Waals surface area (Å²) in [5.41, 5.74) is 3.42. The number of aromatic nitrogens is 2. The van der Waals surface area contributed by atoms with Crippen LogP contribution in [-0.4, -0.2) is 84.7 Å². The molecular formula is C27H46IN4O4P. The number of allylic oxidation sites excluding steroid dienone is 1. The van der Waals surface area contributed by atoms with Crippen molar-refractivity contribution in [2.45, 2.75) is 84.0 Å². The third-order valence-electron chi connectivity index (χ3n) is 7.27. The van der Waals surface area contributed by atoms with Gasteiger partial charge in [0.05, 0.1) is 18.2 Å². The molecule has 2 aliphatic rings. The molecule has 0 aliphatic heterocycles. The quantitative estimate of drug-likeness (QED) is 0.154. The highest BCUT2D eigenvalue weighted by Gasteiger charge is 2.43. The summed E-state index contributed by atoms with van der Waals surface area (Å²) in [5, 5.41) is 5.02. The minimum atomic E-state index is -0.487. The van der Waals surface area contributed by atoms with Gasteiger partial charge in [0, 0.05) is 64.2 Å². The van der Waals surface area contributed by atoms with Gasteiger partial charge in [-0.05, 0) is 87.5 Å². The molecule has 2 atom stereocenters. The van der Waals surface area contributed by atoms with Gasteiger partial charge in [0.25, 0.3) is 0 Å². The SMILES string of the molecule is COCCCOC1CCC(c2nn(PI)cc2CN(C)CCN(C)C(=O)OC(C)(C)C)=CC12CCCC2. The summed E-state index contributed by atoms with van der Waals surface area (Å²) in [6.45, 7) is 9.35. The van der Waals surface area contributed by atoms with E-state index in [-0.39, 0.29) is 11.5 Å². The van der Waals surface area contributed by atoms with Crippen molar-refractivity contribution in [2.24, 2.45) is 5.41 Å². The summed E-state index contributed by atoms with van der Waals surface area (Å²) < 4.78 is 19.2. The summed E-state index contributed by atoms with van der Waals surface area (Å²) in [6.07, 6.45) is 13.2. The predicted molar refractivity (Wildman–Crippen MR) is 160 cm³/mol. The number of halogens is 1. The number of amides is 1. The Kier molecular flexibility index (Phi) is 11.7. The summed E-state index contributed by atoms with van der Waals surface area (Å²) in [7, 11) is 5.65. The topological polar surface area (TPSA) is 69.1 Å². The summed E-state index contributed by atoms with van der Waals surface area (Å²) in [4.78, 5) is 16.2. The van der Waals surface area contributed by atoms with Gasteiger partial charge in [-0.1, -0.05) is 18.9 Å². The first-order chi connectivity index (χ1) is 17.6. The Morgan fingerprint density at radius 2 is 1.97 bits per heavy atom. The molecule has 10 heteroatoms. The van der Waals surface area contributed by atoms with Crippen molar-refractivity contribution < 1.29 is 19.0 Å². The maximum Gasteiger partial charge on any atom is 0.410 e. The highest BCUT2D eigenvalue weighted by Crippen LogP contribution is 2.50.